The van der Waals surface area contributed by atoms with E-state index in [0.717, 1.165) is 18.1 Å². The predicted octanol–water partition coefficient (Wildman–Crippen LogP) is 5.72. The SMILES string of the molecule is CCNCC(=Cc1ccc(-c2cccc(Cl)c2)s1)C(C)C. The number of hydrogen-bond donors (Lipinski definition) is 1. The number of halogens is 1. The van der Waals surface area contributed by atoms with Crippen molar-refractivity contribution in [1.29, 1.82) is 0 Å². The summed E-state index contributed by atoms with van der Waals surface area (Å²) in [4.78, 5) is 2.56. The molecule has 0 atom stereocenters. The first-order chi connectivity index (χ1) is 10.1. The van der Waals surface area contributed by atoms with Gasteiger partial charge in [-0.1, -0.05) is 50.1 Å². The smallest absolute Gasteiger partial charge is 0.0412 e. The van der Waals surface area contributed by atoms with Crippen LogP contribution in [0.15, 0.2) is 42.0 Å². The number of thiophene rings is 1. The van der Waals surface area contributed by atoms with Crippen LogP contribution in [0.4, 0.5) is 0 Å². The topological polar surface area (TPSA) is 12.0 Å². The highest BCUT2D eigenvalue weighted by molar-refractivity contribution is 7.16. The molecule has 0 aliphatic carbocycles. The van der Waals surface area contributed by atoms with E-state index in [0.29, 0.717) is 5.92 Å². The van der Waals surface area contributed by atoms with Crippen molar-refractivity contribution in [2.45, 2.75) is 20.8 Å². The van der Waals surface area contributed by atoms with Crippen LogP contribution in [0, 0.1) is 5.92 Å². The molecule has 112 valence electrons. The maximum absolute atomic E-state index is 6.07. The van der Waals surface area contributed by atoms with Crippen molar-refractivity contribution in [3.8, 4) is 10.4 Å². The predicted molar refractivity (Wildman–Crippen MR) is 96.1 cm³/mol. The van der Waals surface area contributed by atoms with Crippen molar-refractivity contribution in [3.05, 3.63) is 51.9 Å². The van der Waals surface area contributed by atoms with E-state index >= 15 is 0 Å². The summed E-state index contributed by atoms with van der Waals surface area (Å²) in [7, 11) is 0. The minimum absolute atomic E-state index is 0.556. The number of hydrogen-bond acceptors (Lipinski definition) is 2. The molecule has 0 saturated heterocycles. The Morgan fingerprint density at radius 1 is 1.29 bits per heavy atom. The average Bonchev–Trinajstić information content (AvgIpc) is 2.91. The van der Waals surface area contributed by atoms with E-state index in [9.17, 15) is 0 Å². The van der Waals surface area contributed by atoms with Crippen LogP contribution in [0.3, 0.4) is 0 Å². The number of nitrogens with one attached hydrogen (secondary N) is 1. The summed E-state index contributed by atoms with van der Waals surface area (Å²) in [6, 6.07) is 12.4. The van der Waals surface area contributed by atoms with E-state index in [1.54, 1.807) is 0 Å². The first-order valence-electron chi connectivity index (χ1n) is 7.37. The lowest BCUT2D eigenvalue weighted by Gasteiger charge is -2.11. The highest BCUT2D eigenvalue weighted by Crippen LogP contribution is 2.31. The Kier molecular flexibility index (Phi) is 6.04. The van der Waals surface area contributed by atoms with Crippen molar-refractivity contribution < 1.29 is 0 Å². The van der Waals surface area contributed by atoms with E-state index in [2.05, 4.69) is 50.4 Å². The molecule has 0 unspecified atom stereocenters. The maximum Gasteiger partial charge on any atom is 0.0412 e. The third-order valence-electron chi connectivity index (χ3n) is 3.38. The Morgan fingerprint density at radius 3 is 2.76 bits per heavy atom. The maximum atomic E-state index is 6.07. The second-order valence-electron chi connectivity index (χ2n) is 5.37. The summed E-state index contributed by atoms with van der Waals surface area (Å²) >= 11 is 7.88. The molecule has 0 spiro atoms. The first-order valence-corrected chi connectivity index (χ1v) is 8.56. The number of rotatable bonds is 6. The van der Waals surface area contributed by atoms with Gasteiger partial charge in [0.25, 0.3) is 0 Å². The molecule has 2 aromatic rings. The quantitative estimate of drug-likeness (QED) is 0.718. The molecule has 1 aromatic heterocycles. The van der Waals surface area contributed by atoms with Crippen molar-refractivity contribution in [2.75, 3.05) is 13.1 Å². The largest absolute Gasteiger partial charge is 0.313 e. The molecule has 0 aliphatic heterocycles. The fourth-order valence-corrected chi connectivity index (χ4v) is 3.27. The fourth-order valence-electron chi connectivity index (χ4n) is 2.10. The van der Waals surface area contributed by atoms with Gasteiger partial charge in [-0.2, -0.15) is 0 Å². The Hall–Kier alpha value is -1.09. The molecular formula is C18H22ClNS. The van der Waals surface area contributed by atoms with Crippen LogP contribution in [0.2, 0.25) is 5.02 Å². The molecule has 1 heterocycles. The summed E-state index contributed by atoms with van der Waals surface area (Å²) in [5.41, 5.74) is 2.63. The van der Waals surface area contributed by atoms with Crippen LogP contribution in [-0.4, -0.2) is 13.1 Å². The zero-order chi connectivity index (χ0) is 15.2. The lowest BCUT2D eigenvalue weighted by Crippen LogP contribution is -2.18. The second kappa shape index (κ2) is 7.79. The summed E-state index contributed by atoms with van der Waals surface area (Å²) in [6.07, 6.45) is 2.31. The van der Waals surface area contributed by atoms with Gasteiger partial charge in [-0.25, -0.2) is 0 Å². The molecule has 1 N–H and O–H groups in total. The van der Waals surface area contributed by atoms with Gasteiger partial charge in [0.05, 0.1) is 0 Å². The zero-order valence-corrected chi connectivity index (χ0v) is 14.4. The highest BCUT2D eigenvalue weighted by atomic mass is 35.5. The van der Waals surface area contributed by atoms with Crippen LogP contribution in [0.1, 0.15) is 25.6 Å². The number of benzene rings is 1. The minimum atomic E-state index is 0.556. The number of likely N-dealkylation sites (N-methyl/N-ethyl adjacent to an activating group) is 1. The van der Waals surface area contributed by atoms with Crippen molar-refractivity contribution in [1.82, 2.24) is 5.32 Å². The summed E-state index contributed by atoms with van der Waals surface area (Å²) in [5, 5.41) is 4.20. The third kappa shape index (κ3) is 4.70. The molecule has 1 nitrogen and oxygen atoms in total. The van der Waals surface area contributed by atoms with Gasteiger partial charge in [-0.3, -0.25) is 0 Å². The normalized spacial score (nSPS) is 12.1. The molecule has 0 aliphatic rings. The molecule has 21 heavy (non-hydrogen) atoms. The van der Waals surface area contributed by atoms with Crippen LogP contribution in [-0.2, 0) is 0 Å². The lowest BCUT2D eigenvalue weighted by molar-refractivity contribution is 0.683. The van der Waals surface area contributed by atoms with Gasteiger partial charge in [0, 0.05) is 21.3 Å². The monoisotopic (exact) mass is 319 g/mol. The summed E-state index contributed by atoms with van der Waals surface area (Å²) in [5.74, 6) is 0.556. The van der Waals surface area contributed by atoms with Gasteiger partial charge >= 0.3 is 0 Å². The van der Waals surface area contributed by atoms with Crippen molar-refractivity contribution in [3.63, 3.8) is 0 Å². The molecular weight excluding hydrogens is 298 g/mol. The molecule has 1 aromatic carbocycles. The molecule has 2 rings (SSSR count). The second-order valence-corrected chi connectivity index (χ2v) is 6.92. The molecule has 3 heteroatoms. The van der Waals surface area contributed by atoms with Crippen LogP contribution in [0.25, 0.3) is 16.5 Å². The van der Waals surface area contributed by atoms with Gasteiger partial charge in [-0.15, -0.1) is 11.3 Å². The molecule has 0 fully saturated rings. The van der Waals surface area contributed by atoms with E-state index in [4.69, 9.17) is 11.6 Å². The van der Waals surface area contributed by atoms with E-state index < -0.39 is 0 Å². The van der Waals surface area contributed by atoms with Crippen LogP contribution >= 0.6 is 22.9 Å². The first kappa shape index (κ1) is 16.3. The fraction of sp³-hybridized carbons (Fsp3) is 0.333. The molecule has 0 amide bonds. The third-order valence-corrected chi connectivity index (χ3v) is 4.70. The Bertz CT molecular complexity index is 613. The highest BCUT2D eigenvalue weighted by Gasteiger charge is 2.06. The van der Waals surface area contributed by atoms with Crippen molar-refractivity contribution >= 4 is 29.0 Å². The Balaban J connectivity index is 2.22. The Labute approximate surface area is 136 Å². The summed E-state index contributed by atoms with van der Waals surface area (Å²) < 4.78 is 0. The zero-order valence-electron chi connectivity index (χ0n) is 12.8. The van der Waals surface area contributed by atoms with E-state index in [1.165, 1.54) is 20.9 Å². The lowest BCUT2D eigenvalue weighted by atomic mass is 10.0. The van der Waals surface area contributed by atoms with Gasteiger partial charge < -0.3 is 5.32 Å². The summed E-state index contributed by atoms with van der Waals surface area (Å²) in [6.45, 7) is 8.59. The van der Waals surface area contributed by atoms with Crippen LogP contribution in [0.5, 0.6) is 0 Å². The minimum Gasteiger partial charge on any atom is -0.313 e. The van der Waals surface area contributed by atoms with Gasteiger partial charge in [0.1, 0.15) is 0 Å². The molecule has 0 saturated carbocycles. The van der Waals surface area contributed by atoms with Crippen molar-refractivity contribution in [2.24, 2.45) is 5.92 Å². The van der Waals surface area contributed by atoms with Gasteiger partial charge in [0.15, 0.2) is 0 Å². The van der Waals surface area contributed by atoms with Gasteiger partial charge in [0.2, 0.25) is 0 Å². The van der Waals surface area contributed by atoms with Gasteiger partial charge in [-0.05, 0) is 48.4 Å². The standard InChI is InChI=1S/C18H22ClNS/c1-4-20-12-15(13(2)3)11-17-8-9-18(21-17)14-6-5-7-16(19)10-14/h5-11,13,20H,4,12H2,1-3H3. The van der Waals surface area contributed by atoms with Crippen LogP contribution < -0.4 is 5.32 Å². The Morgan fingerprint density at radius 2 is 2.10 bits per heavy atom. The van der Waals surface area contributed by atoms with E-state index in [1.807, 2.05) is 29.5 Å². The molecule has 0 bridgehead atoms. The molecule has 0 radical (unpaired) electrons. The van der Waals surface area contributed by atoms with E-state index in [-0.39, 0.29) is 0 Å². The average molecular weight is 320 g/mol.